The molecule has 5 heteroatoms. The number of pyridine rings is 1. The van der Waals surface area contributed by atoms with E-state index in [0.717, 1.165) is 11.1 Å². The molecule has 1 aliphatic carbocycles. The molecular formula is C20H20N2O3. The second kappa shape index (κ2) is 6.69. The number of hydrogen-bond acceptors (Lipinski definition) is 4. The summed E-state index contributed by atoms with van der Waals surface area (Å²) in [7, 11) is 0. The zero-order valence-corrected chi connectivity index (χ0v) is 13.8. The number of aromatic nitrogens is 1. The van der Waals surface area contributed by atoms with Crippen LogP contribution in [0.25, 0.3) is 11.0 Å². The summed E-state index contributed by atoms with van der Waals surface area (Å²) in [5, 5.41) is 13.6. The molecule has 128 valence electrons. The first-order valence-corrected chi connectivity index (χ1v) is 8.56. The zero-order chi connectivity index (χ0) is 17.2. The van der Waals surface area contributed by atoms with Crippen molar-refractivity contribution < 1.29 is 14.3 Å². The van der Waals surface area contributed by atoms with Crippen LogP contribution in [0.4, 0.5) is 0 Å². The van der Waals surface area contributed by atoms with Crippen molar-refractivity contribution >= 4 is 16.9 Å². The Morgan fingerprint density at radius 1 is 1.24 bits per heavy atom. The number of para-hydroxylation sites is 1. The normalized spacial score (nSPS) is 20.8. The molecule has 0 aliphatic heterocycles. The van der Waals surface area contributed by atoms with Gasteiger partial charge in [0, 0.05) is 29.7 Å². The lowest BCUT2D eigenvalue weighted by Crippen LogP contribution is -2.48. The standard InChI is InChI=1S/C20H20N2O3/c23-15-9-13(10-15)18(11-14-5-3-4-8-21-14)22-20(24)17-12-25-19-7-2-1-6-16(17)19/h1-8,12-13,15,18,23H,9-11H2,(H,22,24)/t13?,15?,18-/m0/s1. The largest absolute Gasteiger partial charge is 0.463 e. The molecule has 1 atom stereocenters. The summed E-state index contributed by atoms with van der Waals surface area (Å²) in [6.07, 6.45) is 5.08. The third kappa shape index (κ3) is 3.28. The maximum atomic E-state index is 12.8. The first kappa shape index (κ1) is 15.8. The van der Waals surface area contributed by atoms with Gasteiger partial charge in [0.15, 0.2) is 0 Å². The third-order valence-corrected chi connectivity index (χ3v) is 4.92. The number of aliphatic hydroxyl groups is 1. The van der Waals surface area contributed by atoms with Crippen LogP contribution in [0.15, 0.2) is 59.3 Å². The van der Waals surface area contributed by atoms with Gasteiger partial charge < -0.3 is 14.8 Å². The van der Waals surface area contributed by atoms with E-state index in [4.69, 9.17) is 4.42 Å². The third-order valence-electron chi connectivity index (χ3n) is 4.92. The molecule has 0 bridgehead atoms. The summed E-state index contributed by atoms with van der Waals surface area (Å²) in [5.74, 6) is 0.117. The van der Waals surface area contributed by atoms with E-state index in [0.29, 0.717) is 30.4 Å². The number of hydrogen-bond donors (Lipinski definition) is 2. The fourth-order valence-corrected chi connectivity index (χ4v) is 3.44. The summed E-state index contributed by atoms with van der Waals surface area (Å²) < 4.78 is 5.47. The molecular weight excluding hydrogens is 316 g/mol. The maximum Gasteiger partial charge on any atom is 0.255 e. The minimum absolute atomic E-state index is 0.0561. The molecule has 1 amide bonds. The highest BCUT2D eigenvalue weighted by atomic mass is 16.3. The van der Waals surface area contributed by atoms with Crippen molar-refractivity contribution in [2.24, 2.45) is 5.92 Å². The molecule has 0 spiro atoms. The Kier molecular flexibility index (Phi) is 4.24. The van der Waals surface area contributed by atoms with Crippen LogP contribution in [-0.2, 0) is 6.42 Å². The van der Waals surface area contributed by atoms with Crippen molar-refractivity contribution in [3.63, 3.8) is 0 Å². The van der Waals surface area contributed by atoms with Gasteiger partial charge in [0.25, 0.3) is 5.91 Å². The van der Waals surface area contributed by atoms with Gasteiger partial charge in [-0.05, 0) is 37.0 Å². The van der Waals surface area contributed by atoms with Crippen molar-refractivity contribution in [1.82, 2.24) is 10.3 Å². The van der Waals surface area contributed by atoms with Crippen molar-refractivity contribution in [3.8, 4) is 0 Å². The topological polar surface area (TPSA) is 75.4 Å². The van der Waals surface area contributed by atoms with Gasteiger partial charge >= 0.3 is 0 Å². The van der Waals surface area contributed by atoms with Crippen molar-refractivity contribution in [3.05, 3.63) is 66.2 Å². The van der Waals surface area contributed by atoms with Crippen LogP contribution in [0.3, 0.4) is 0 Å². The van der Waals surface area contributed by atoms with E-state index in [2.05, 4.69) is 10.3 Å². The molecule has 1 saturated carbocycles. The number of carbonyl (C=O) groups is 1. The molecule has 2 N–H and O–H groups in total. The SMILES string of the molecule is O=C(N[C@@H](Cc1ccccn1)C1CC(O)C1)c1coc2ccccc12. The number of nitrogens with zero attached hydrogens (tertiary/aromatic N) is 1. The molecule has 5 nitrogen and oxygen atoms in total. The molecule has 1 aliphatic rings. The monoisotopic (exact) mass is 336 g/mol. The molecule has 2 heterocycles. The maximum absolute atomic E-state index is 12.8. The summed E-state index contributed by atoms with van der Waals surface area (Å²) >= 11 is 0. The van der Waals surface area contributed by atoms with E-state index >= 15 is 0 Å². The average Bonchev–Trinajstić information content (AvgIpc) is 3.03. The Labute approximate surface area is 145 Å². The number of furan rings is 1. The lowest BCUT2D eigenvalue weighted by Gasteiger charge is -2.38. The molecule has 0 unspecified atom stereocenters. The smallest absolute Gasteiger partial charge is 0.255 e. The number of fused-ring (bicyclic) bond motifs is 1. The lowest BCUT2D eigenvalue weighted by atomic mass is 9.76. The Bertz CT molecular complexity index is 869. The highest BCUT2D eigenvalue weighted by Gasteiger charge is 2.35. The minimum Gasteiger partial charge on any atom is -0.463 e. The van der Waals surface area contributed by atoms with Gasteiger partial charge in [-0.3, -0.25) is 9.78 Å². The highest BCUT2D eigenvalue weighted by Crippen LogP contribution is 2.32. The summed E-state index contributed by atoms with van der Waals surface area (Å²) in [6.45, 7) is 0. The first-order valence-electron chi connectivity index (χ1n) is 8.56. The van der Waals surface area contributed by atoms with E-state index in [-0.39, 0.29) is 24.0 Å². The van der Waals surface area contributed by atoms with Gasteiger partial charge in [0.1, 0.15) is 11.8 Å². The van der Waals surface area contributed by atoms with Gasteiger partial charge in [-0.15, -0.1) is 0 Å². The van der Waals surface area contributed by atoms with E-state index in [1.54, 1.807) is 6.20 Å². The summed E-state index contributed by atoms with van der Waals surface area (Å²) in [4.78, 5) is 17.2. The van der Waals surface area contributed by atoms with Crippen LogP contribution in [0.2, 0.25) is 0 Å². The van der Waals surface area contributed by atoms with Crippen LogP contribution in [0, 0.1) is 5.92 Å². The van der Waals surface area contributed by atoms with Crippen LogP contribution in [0.5, 0.6) is 0 Å². The Morgan fingerprint density at radius 2 is 2.04 bits per heavy atom. The second-order valence-electron chi connectivity index (χ2n) is 6.64. The van der Waals surface area contributed by atoms with E-state index in [1.807, 2.05) is 42.5 Å². The minimum atomic E-state index is -0.261. The molecule has 1 aromatic carbocycles. The van der Waals surface area contributed by atoms with Crippen molar-refractivity contribution in [1.29, 1.82) is 0 Å². The van der Waals surface area contributed by atoms with Gasteiger partial charge in [0.2, 0.25) is 0 Å². The molecule has 3 aromatic rings. The van der Waals surface area contributed by atoms with Crippen molar-refractivity contribution in [2.75, 3.05) is 0 Å². The molecule has 2 aromatic heterocycles. The first-order chi connectivity index (χ1) is 12.2. The second-order valence-corrected chi connectivity index (χ2v) is 6.64. The number of nitrogens with one attached hydrogen (secondary N) is 1. The van der Waals surface area contributed by atoms with Crippen LogP contribution in [0.1, 0.15) is 28.9 Å². The van der Waals surface area contributed by atoms with Gasteiger partial charge in [-0.25, -0.2) is 0 Å². The van der Waals surface area contributed by atoms with E-state index < -0.39 is 0 Å². The Morgan fingerprint density at radius 3 is 2.80 bits per heavy atom. The molecule has 0 saturated heterocycles. The predicted molar refractivity (Wildman–Crippen MR) is 94.1 cm³/mol. The number of aliphatic hydroxyl groups excluding tert-OH is 1. The summed E-state index contributed by atoms with van der Waals surface area (Å²) in [5.41, 5.74) is 2.18. The van der Waals surface area contributed by atoms with Crippen LogP contribution in [-0.4, -0.2) is 28.1 Å². The fourth-order valence-electron chi connectivity index (χ4n) is 3.44. The summed E-state index contributed by atoms with van der Waals surface area (Å²) in [6, 6.07) is 13.2. The van der Waals surface area contributed by atoms with Crippen LogP contribution < -0.4 is 5.32 Å². The van der Waals surface area contributed by atoms with Gasteiger partial charge in [-0.2, -0.15) is 0 Å². The number of amides is 1. The molecule has 1 fully saturated rings. The van der Waals surface area contributed by atoms with E-state index in [9.17, 15) is 9.90 Å². The quantitative estimate of drug-likeness (QED) is 0.751. The number of carbonyl (C=O) groups excluding carboxylic acids is 1. The average molecular weight is 336 g/mol. The predicted octanol–water partition coefficient (Wildman–Crippen LogP) is 2.94. The zero-order valence-electron chi connectivity index (χ0n) is 13.8. The lowest BCUT2D eigenvalue weighted by molar-refractivity contribution is 0.0238. The van der Waals surface area contributed by atoms with Crippen LogP contribution >= 0.6 is 0 Å². The fraction of sp³-hybridized carbons (Fsp3) is 0.300. The van der Waals surface area contributed by atoms with Gasteiger partial charge in [-0.1, -0.05) is 24.3 Å². The highest BCUT2D eigenvalue weighted by molar-refractivity contribution is 6.06. The molecule has 4 rings (SSSR count). The molecule has 25 heavy (non-hydrogen) atoms. The molecule has 0 radical (unpaired) electrons. The van der Waals surface area contributed by atoms with E-state index in [1.165, 1.54) is 6.26 Å². The number of rotatable bonds is 5. The Balaban J connectivity index is 1.54. The van der Waals surface area contributed by atoms with Gasteiger partial charge in [0.05, 0.1) is 11.7 Å². The Hall–Kier alpha value is -2.66. The number of benzene rings is 1. The van der Waals surface area contributed by atoms with Crippen molar-refractivity contribution in [2.45, 2.75) is 31.4 Å².